The second kappa shape index (κ2) is 3.67. The van der Waals surface area contributed by atoms with E-state index in [1.54, 1.807) is 6.07 Å². The fraction of sp³-hybridized carbons (Fsp3) is 0.300. The fourth-order valence-corrected chi connectivity index (χ4v) is 1.44. The third-order valence-electron chi connectivity index (χ3n) is 2.11. The molecular formula is C10H11NO3. The summed E-state index contributed by atoms with van der Waals surface area (Å²) in [4.78, 5) is 13.4. The van der Waals surface area contributed by atoms with Gasteiger partial charge < -0.3 is 9.52 Å². The van der Waals surface area contributed by atoms with Crippen LogP contribution in [0.15, 0.2) is 27.4 Å². The summed E-state index contributed by atoms with van der Waals surface area (Å²) in [5, 5.41) is 8.67. The number of hydrogen-bond donors (Lipinski definition) is 2. The second-order valence-electron chi connectivity index (χ2n) is 3.17. The molecule has 0 spiro atoms. The molecule has 0 aliphatic heterocycles. The number of aromatic nitrogens is 1. The Hall–Kier alpha value is -1.55. The highest BCUT2D eigenvalue weighted by Gasteiger charge is 2.01. The number of oxazole rings is 1. The average molecular weight is 193 g/mol. The molecule has 0 radical (unpaired) electrons. The molecule has 0 aliphatic rings. The molecule has 0 saturated heterocycles. The van der Waals surface area contributed by atoms with E-state index in [0.717, 1.165) is 18.4 Å². The molecule has 2 N–H and O–H groups in total. The molecule has 4 heteroatoms. The van der Waals surface area contributed by atoms with Crippen molar-refractivity contribution in [1.29, 1.82) is 0 Å². The van der Waals surface area contributed by atoms with Crippen LogP contribution in [-0.4, -0.2) is 16.7 Å². The molecule has 0 fully saturated rings. The van der Waals surface area contributed by atoms with E-state index in [-0.39, 0.29) is 6.61 Å². The first-order chi connectivity index (χ1) is 6.79. The van der Waals surface area contributed by atoms with Crippen molar-refractivity contribution in [1.82, 2.24) is 4.98 Å². The number of aliphatic hydroxyl groups is 1. The lowest BCUT2D eigenvalue weighted by Gasteiger charge is -1.97. The molecule has 1 aromatic heterocycles. The lowest BCUT2D eigenvalue weighted by atomic mass is 10.1. The molecule has 0 amide bonds. The summed E-state index contributed by atoms with van der Waals surface area (Å²) in [6.45, 7) is 0.180. The number of H-pyrrole nitrogens is 1. The molecule has 2 aromatic rings. The summed E-state index contributed by atoms with van der Waals surface area (Å²) in [6, 6.07) is 5.53. The van der Waals surface area contributed by atoms with Crippen molar-refractivity contribution in [3.63, 3.8) is 0 Å². The van der Waals surface area contributed by atoms with E-state index in [2.05, 4.69) is 4.98 Å². The first-order valence-electron chi connectivity index (χ1n) is 4.52. The minimum Gasteiger partial charge on any atom is -0.408 e. The van der Waals surface area contributed by atoms with Gasteiger partial charge in [0.15, 0.2) is 5.58 Å². The number of benzene rings is 1. The van der Waals surface area contributed by atoms with Crippen molar-refractivity contribution < 1.29 is 9.52 Å². The van der Waals surface area contributed by atoms with Crippen molar-refractivity contribution in [2.75, 3.05) is 6.61 Å². The van der Waals surface area contributed by atoms with E-state index >= 15 is 0 Å². The van der Waals surface area contributed by atoms with Crippen LogP contribution in [0.3, 0.4) is 0 Å². The van der Waals surface area contributed by atoms with E-state index in [1.165, 1.54) is 0 Å². The largest absolute Gasteiger partial charge is 0.417 e. The number of fused-ring (bicyclic) bond motifs is 1. The van der Waals surface area contributed by atoms with E-state index in [9.17, 15) is 4.79 Å². The highest BCUT2D eigenvalue weighted by molar-refractivity contribution is 5.72. The van der Waals surface area contributed by atoms with Gasteiger partial charge in [-0.1, -0.05) is 6.07 Å². The Balaban J connectivity index is 2.35. The van der Waals surface area contributed by atoms with Crippen molar-refractivity contribution in [2.45, 2.75) is 12.8 Å². The highest BCUT2D eigenvalue weighted by Crippen LogP contribution is 2.13. The summed E-state index contributed by atoms with van der Waals surface area (Å²) < 4.78 is 4.87. The molecule has 14 heavy (non-hydrogen) atoms. The number of aromatic amines is 1. The normalized spacial score (nSPS) is 10.9. The van der Waals surface area contributed by atoms with Crippen LogP contribution in [-0.2, 0) is 6.42 Å². The molecule has 0 aliphatic carbocycles. The van der Waals surface area contributed by atoms with Crippen molar-refractivity contribution in [3.05, 3.63) is 34.3 Å². The number of hydrogen-bond acceptors (Lipinski definition) is 3. The molecule has 74 valence electrons. The van der Waals surface area contributed by atoms with E-state index in [4.69, 9.17) is 9.52 Å². The Labute approximate surface area is 80.2 Å². The summed E-state index contributed by atoms with van der Waals surface area (Å²) in [5.74, 6) is -0.431. The Morgan fingerprint density at radius 1 is 1.43 bits per heavy atom. The zero-order valence-corrected chi connectivity index (χ0v) is 7.62. The minimum atomic E-state index is -0.431. The third kappa shape index (κ3) is 1.70. The van der Waals surface area contributed by atoms with Gasteiger partial charge in [-0.3, -0.25) is 4.98 Å². The highest BCUT2D eigenvalue weighted by atomic mass is 16.4. The van der Waals surface area contributed by atoms with Crippen molar-refractivity contribution in [3.8, 4) is 0 Å². The first kappa shape index (κ1) is 9.02. The standard InChI is InChI=1S/C10H11NO3/c12-5-1-2-7-3-4-9-8(6-7)11-10(13)14-9/h3-4,6,12H,1-2,5H2,(H,11,13). The molecular weight excluding hydrogens is 182 g/mol. The maximum Gasteiger partial charge on any atom is 0.417 e. The van der Waals surface area contributed by atoms with Crippen LogP contribution in [0.4, 0.5) is 0 Å². The summed E-state index contributed by atoms with van der Waals surface area (Å²) in [7, 11) is 0. The Morgan fingerprint density at radius 3 is 3.07 bits per heavy atom. The van der Waals surface area contributed by atoms with Crippen molar-refractivity contribution >= 4 is 11.1 Å². The average Bonchev–Trinajstić information content (AvgIpc) is 2.54. The van der Waals surface area contributed by atoms with Gasteiger partial charge in [0.1, 0.15) is 0 Å². The van der Waals surface area contributed by atoms with Crippen LogP contribution >= 0.6 is 0 Å². The molecule has 0 unspecified atom stereocenters. The topological polar surface area (TPSA) is 66.2 Å². The van der Waals surface area contributed by atoms with Crippen LogP contribution in [0.5, 0.6) is 0 Å². The maximum atomic E-state index is 10.9. The zero-order valence-electron chi connectivity index (χ0n) is 7.62. The van der Waals surface area contributed by atoms with Gasteiger partial charge in [0.25, 0.3) is 0 Å². The van der Waals surface area contributed by atoms with Gasteiger partial charge in [-0.05, 0) is 30.5 Å². The number of aryl methyl sites for hydroxylation is 1. The summed E-state index contributed by atoms with van der Waals surface area (Å²) >= 11 is 0. The van der Waals surface area contributed by atoms with Gasteiger partial charge >= 0.3 is 5.76 Å². The smallest absolute Gasteiger partial charge is 0.408 e. The van der Waals surface area contributed by atoms with Crippen LogP contribution in [0.25, 0.3) is 11.1 Å². The second-order valence-corrected chi connectivity index (χ2v) is 3.17. The lowest BCUT2D eigenvalue weighted by molar-refractivity contribution is 0.288. The van der Waals surface area contributed by atoms with Gasteiger partial charge in [-0.25, -0.2) is 4.79 Å². The molecule has 0 atom stereocenters. The van der Waals surface area contributed by atoms with Crippen LogP contribution in [0, 0.1) is 0 Å². The first-order valence-corrected chi connectivity index (χ1v) is 4.52. The molecule has 1 aromatic carbocycles. The summed E-state index contributed by atoms with van der Waals surface area (Å²) in [5.41, 5.74) is 2.37. The van der Waals surface area contributed by atoms with Gasteiger partial charge in [0, 0.05) is 6.61 Å². The molecule has 0 bridgehead atoms. The third-order valence-corrected chi connectivity index (χ3v) is 2.11. The van der Waals surface area contributed by atoms with E-state index < -0.39 is 5.76 Å². The molecule has 1 heterocycles. The Morgan fingerprint density at radius 2 is 2.29 bits per heavy atom. The van der Waals surface area contributed by atoms with Gasteiger partial charge in [-0.2, -0.15) is 0 Å². The fourth-order valence-electron chi connectivity index (χ4n) is 1.44. The quantitative estimate of drug-likeness (QED) is 0.765. The van der Waals surface area contributed by atoms with Crippen LogP contribution < -0.4 is 5.76 Å². The van der Waals surface area contributed by atoms with Crippen LogP contribution in [0.1, 0.15) is 12.0 Å². The molecule has 2 rings (SSSR count). The lowest BCUT2D eigenvalue weighted by Crippen LogP contribution is -1.93. The summed E-state index contributed by atoms with van der Waals surface area (Å²) in [6.07, 6.45) is 1.53. The number of aliphatic hydroxyl groups excluding tert-OH is 1. The predicted octanol–water partition coefficient (Wildman–Crippen LogP) is 1.05. The number of rotatable bonds is 3. The zero-order chi connectivity index (χ0) is 9.97. The van der Waals surface area contributed by atoms with Crippen molar-refractivity contribution in [2.24, 2.45) is 0 Å². The number of nitrogens with one attached hydrogen (secondary N) is 1. The molecule has 4 nitrogen and oxygen atoms in total. The SMILES string of the molecule is O=c1[nH]c2cc(CCCO)ccc2o1. The van der Waals surface area contributed by atoms with Gasteiger partial charge in [0.2, 0.25) is 0 Å². The van der Waals surface area contributed by atoms with Gasteiger partial charge in [0.05, 0.1) is 5.52 Å². The minimum absolute atomic E-state index is 0.180. The maximum absolute atomic E-state index is 10.9. The predicted molar refractivity (Wildman–Crippen MR) is 52.2 cm³/mol. The van der Waals surface area contributed by atoms with Crippen LogP contribution in [0.2, 0.25) is 0 Å². The molecule has 0 saturated carbocycles. The Kier molecular flexibility index (Phi) is 2.37. The van der Waals surface area contributed by atoms with E-state index in [0.29, 0.717) is 11.1 Å². The Bertz CT molecular complexity index is 483. The van der Waals surface area contributed by atoms with Gasteiger partial charge in [-0.15, -0.1) is 0 Å². The monoisotopic (exact) mass is 193 g/mol. The van der Waals surface area contributed by atoms with E-state index in [1.807, 2.05) is 12.1 Å².